The van der Waals surface area contributed by atoms with E-state index in [2.05, 4.69) is 10.4 Å². The monoisotopic (exact) mass is 303 g/mol. The maximum atomic E-state index is 12.0. The number of rotatable bonds is 7. The summed E-state index contributed by atoms with van der Waals surface area (Å²) in [7, 11) is 1.62. The molecule has 6 nitrogen and oxygen atoms in total. The van der Waals surface area contributed by atoms with Gasteiger partial charge in [-0.05, 0) is 44.2 Å². The highest BCUT2D eigenvalue weighted by Crippen LogP contribution is 2.16. The fourth-order valence-electron chi connectivity index (χ4n) is 2.04. The van der Waals surface area contributed by atoms with Gasteiger partial charge in [0.15, 0.2) is 0 Å². The lowest BCUT2D eigenvalue weighted by Crippen LogP contribution is -2.28. The summed E-state index contributed by atoms with van der Waals surface area (Å²) in [4.78, 5) is 12.0. The minimum Gasteiger partial charge on any atom is -0.497 e. The SMILES string of the molecule is CCn1nc(C(=O)NCCOc2ccc(OC)cc2)cc1C. The fourth-order valence-corrected chi connectivity index (χ4v) is 2.04. The smallest absolute Gasteiger partial charge is 0.271 e. The van der Waals surface area contributed by atoms with Gasteiger partial charge in [-0.1, -0.05) is 0 Å². The molecule has 2 rings (SSSR count). The predicted octanol–water partition coefficient (Wildman–Crippen LogP) is 2.03. The first-order valence-corrected chi connectivity index (χ1v) is 7.23. The van der Waals surface area contributed by atoms with Gasteiger partial charge in [-0.25, -0.2) is 0 Å². The normalized spacial score (nSPS) is 10.3. The van der Waals surface area contributed by atoms with Crippen molar-refractivity contribution in [1.29, 1.82) is 0 Å². The summed E-state index contributed by atoms with van der Waals surface area (Å²) < 4.78 is 12.4. The summed E-state index contributed by atoms with van der Waals surface area (Å²) in [5, 5.41) is 7.03. The summed E-state index contributed by atoms with van der Waals surface area (Å²) in [6, 6.07) is 9.09. The molecule has 0 aliphatic heterocycles. The first-order chi connectivity index (χ1) is 10.6. The van der Waals surface area contributed by atoms with Crippen LogP contribution in [0.5, 0.6) is 11.5 Å². The predicted molar refractivity (Wildman–Crippen MR) is 83.5 cm³/mol. The van der Waals surface area contributed by atoms with E-state index in [-0.39, 0.29) is 5.91 Å². The quantitative estimate of drug-likeness (QED) is 0.795. The fraction of sp³-hybridized carbons (Fsp3) is 0.375. The number of carbonyl (C=O) groups is 1. The first kappa shape index (κ1) is 15.9. The van der Waals surface area contributed by atoms with Crippen LogP contribution < -0.4 is 14.8 Å². The van der Waals surface area contributed by atoms with Crippen molar-refractivity contribution < 1.29 is 14.3 Å². The minimum atomic E-state index is -0.186. The van der Waals surface area contributed by atoms with Crippen LogP contribution >= 0.6 is 0 Å². The van der Waals surface area contributed by atoms with E-state index in [1.54, 1.807) is 17.9 Å². The molecule has 1 heterocycles. The highest BCUT2D eigenvalue weighted by atomic mass is 16.5. The Kier molecular flexibility index (Phi) is 5.41. The minimum absolute atomic E-state index is 0.186. The van der Waals surface area contributed by atoms with Crippen LogP contribution in [0.2, 0.25) is 0 Å². The molecule has 1 aromatic heterocycles. The number of aryl methyl sites for hydroxylation is 2. The van der Waals surface area contributed by atoms with Crippen LogP contribution in [0, 0.1) is 6.92 Å². The van der Waals surface area contributed by atoms with Crippen molar-refractivity contribution in [3.63, 3.8) is 0 Å². The Hall–Kier alpha value is -2.50. The van der Waals surface area contributed by atoms with E-state index in [1.807, 2.05) is 38.1 Å². The van der Waals surface area contributed by atoms with Gasteiger partial charge in [0.2, 0.25) is 0 Å². The van der Waals surface area contributed by atoms with Crippen molar-refractivity contribution in [2.24, 2.45) is 0 Å². The third-order valence-corrected chi connectivity index (χ3v) is 3.23. The number of methoxy groups -OCH3 is 1. The molecule has 1 N–H and O–H groups in total. The molecule has 0 fully saturated rings. The van der Waals surface area contributed by atoms with Gasteiger partial charge in [-0.15, -0.1) is 0 Å². The molecule has 0 spiro atoms. The molecule has 0 bridgehead atoms. The van der Waals surface area contributed by atoms with Crippen LogP contribution in [-0.4, -0.2) is 35.9 Å². The van der Waals surface area contributed by atoms with Gasteiger partial charge in [0, 0.05) is 12.2 Å². The number of aromatic nitrogens is 2. The molecule has 0 unspecified atom stereocenters. The van der Waals surface area contributed by atoms with Gasteiger partial charge in [0.05, 0.1) is 13.7 Å². The van der Waals surface area contributed by atoms with E-state index >= 15 is 0 Å². The number of nitrogens with one attached hydrogen (secondary N) is 1. The second-order valence-corrected chi connectivity index (χ2v) is 4.77. The zero-order valence-electron chi connectivity index (χ0n) is 13.1. The Morgan fingerprint density at radius 2 is 1.95 bits per heavy atom. The van der Waals surface area contributed by atoms with Gasteiger partial charge in [0.25, 0.3) is 5.91 Å². The van der Waals surface area contributed by atoms with E-state index in [0.717, 1.165) is 23.7 Å². The summed E-state index contributed by atoms with van der Waals surface area (Å²) >= 11 is 0. The first-order valence-electron chi connectivity index (χ1n) is 7.23. The van der Waals surface area contributed by atoms with Crippen LogP contribution in [0.3, 0.4) is 0 Å². The van der Waals surface area contributed by atoms with E-state index < -0.39 is 0 Å². The van der Waals surface area contributed by atoms with Crippen molar-refractivity contribution in [2.45, 2.75) is 20.4 Å². The van der Waals surface area contributed by atoms with Gasteiger partial charge >= 0.3 is 0 Å². The largest absolute Gasteiger partial charge is 0.497 e. The zero-order valence-corrected chi connectivity index (χ0v) is 13.1. The van der Waals surface area contributed by atoms with Crippen LogP contribution in [0.1, 0.15) is 23.1 Å². The summed E-state index contributed by atoms with van der Waals surface area (Å²) in [5.41, 5.74) is 1.41. The maximum Gasteiger partial charge on any atom is 0.271 e. The van der Waals surface area contributed by atoms with Gasteiger partial charge < -0.3 is 14.8 Å². The van der Waals surface area contributed by atoms with Crippen LogP contribution in [0.25, 0.3) is 0 Å². The molecule has 0 aliphatic carbocycles. The van der Waals surface area contributed by atoms with E-state index in [0.29, 0.717) is 18.8 Å². The molecular weight excluding hydrogens is 282 g/mol. The molecule has 0 saturated heterocycles. The molecule has 0 radical (unpaired) electrons. The molecule has 22 heavy (non-hydrogen) atoms. The number of nitrogens with zero attached hydrogens (tertiary/aromatic N) is 2. The Labute approximate surface area is 130 Å². The lowest BCUT2D eigenvalue weighted by molar-refractivity contribution is 0.0941. The average molecular weight is 303 g/mol. The van der Waals surface area contributed by atoms with Gasteiger partial charge in [-0.2, -0.15) is 5.10 Å². The molecule has 0 aliphatic rings. The van der Waals surface area contributed by atoms with Crippen molar-refractivity contribution >= 4 is 5.91 Å². The number of ether oxygens (including phenoxy) is 2. The van der Waals surface area contributed by atoms with E-state index in [4.69, 9.17) is 9.47 Å². The highest BCUT2D eigenvalue weighted by molar-refractivity contribution is 5.92. The number of carbonyl (C=O) groups excluding carboxylic acids is 1. The lowest BCUT2D eigenvalue weighted by atomic mass is 10.3. The summed E-state index contributed by atoms with van der Waals surface area (Å²) in [5.74, 6) is 1.33. The Balaban J connectivity index is 1.76. The second kappa shape index (κ2) is 7.49. The number of benzene rings is 1. The van der Waals surface area contributed by atoms with Crippen molar-refractivity contribution in [1.82, 2.24) is 15.1 Å². The number of hydrogen-bond donors (Lipinski definition) is 1. The van der Waals surface area contributed by atoms with Crippen LogP contribution in [-0.2, 0) is 6.54 Å². The maximum absolute atomic E-state index is 12.0. The number of hydrogen-bond acceptors (Lipinski definition) is 4. The Morgan fingerprint density at radius 3 is 2.55 bits per heavy atom. The van der Waals surface area contributed by atoms with Gasteiger partial charge in [-0.3, -0.25) is 9.48 Å². The third-order valence-electron chi connectivity index (χ3n) is 3.23. The molecule has 6 heteroatoms. The Morgan fingerprint density at radius 1 is 1.27 bits per heavy atom. The van der Waals surface area contributed by atoms with E-state index in [1.165, 1.54) is 0 Å². The molecule has 2 aromatic rings. The third kappa shape index (κ3) is 4.00. The van der Waals surface area contributed by atoms with Crippen LogP contribution in [0.4, 0.5) is 0 Å². The average Bonchev–Trinajstić information content (AvgIpc) is 2.93. The lowest BCUT2D eigenvalue weighted by Gasteiger charge is -2.07. The molecule has 1 amide bonds. The van der Waals surface area contributed by atoms with Gasteiger partial charge in [0.1, 0.15) is 23.8 Å². The van der Waals surface area contributed by atoms with Crippen molar-refractivity contribution in [3.05, 3.63) is 41.7 Å². The topological polar surface area (TPSA) is 65.4 Å². The second-order valence-electron chi connectivity index (χ2n) is 4.77. The molecular formula is C16H21N3O3. The summed E-state index contributed by atoms with van der Waals surface area (Å²) in [6.07, 6.45) is 0. The molecule has 1 aromatic carbocycles. The Bertz CT molecular complexity index is 620. The van der Waals surface area contributed by atoms with Crippen molar-refractivity contribution in [3.8, 4) is 11.5 Å². The molecule has 0 saturated carbocycles. The zero-order chi connectivity index (χ0) is 15.9. The highest BCUT2D eigenvalue weighted by Gasteiger charge is 2.10. The van der Waals surface area contributed by atoms with Crippen LogP contribution in [0.15, 0.2) is 30.3 Å². The molecule has 118 valence electrons. The molecule has 0 atom stereocenters. The van der Waals surface area contributed by atoms with E-state index in [9.17, 15) is 4.79 Å². The standard InChI is InChI=1S/C16H21N3O3/c1-4-19-12(2)11-15(18-19)16(20)17-9-10-22-14-7-5-13(21-3)6-8-14/h5-8,11H,4,9-10H2,1-3H3,(H,17,20). The number of amides is 1. The summed E-state index contributed by atoms with van der Waals surface area (Å²) in [6.45, 7) is 5.48. The van der Waals surface area contributed by atoms with Crippen molar-refractivity contribution in [2.75, 3.05) is 20.3 Å².